The van der Waals surface area contributed by atoms with E-state index < -0.39 is 6.10 Å². The lowest BCUT2D eigenvalue weighted by Gasteiger charge is -2.26. The molecule has 20 heavy (non-hydrogen) atoms. The Morgan fingerprint density at radius 2 is 2.10 bits per heavy atom. The zero-order valence-electron chi connectivity index (χ0n) is 12.3. The van der Waals surface area contributed by atoms with Gasteiger partial charge in [0.1, 0.15) is 0 Å². The van der Waals surface area contributed by atoms with E-state index in [2.05, 4.69) is 5.32 Å². The third-order valence-electron chi connectivity index (χ3n) is 4.15. The molecule has 1 atom stereocenters. The molecule has 0 bridgehead atoms. The van der Waals surface area contributed by atoms with E-state index in [1.54, 1.807) is 0 Å². The number of hydrogen-bond acceptors (Lipinski definition) is 2. The minimum absolute atomic E-state index is 0.00883. The van der Waals surface area contributed by atoms with Gasteiger partial charge in [-0.15, -0.1) is 0 Å². The maximum atomic E-state index is 11.9. The first-order valence-corrected chi connectivity index (χ1v) is 7.65. The van der Waals surface area contributed by atoms with Gasteiger partial charge in [0.25, 0.3) is 0 Å². The molecule has 1 saturated carbocycles. The van der Waals surface area contributed by atoms with Crippen molar-refractivity contribution in [2.45, 2.75) is 51.6 Å². The van der Waals surface area contributed by atoms with Crippen LogP contribution in [0.15, 0.2) is 24.3 Å². The number of amides is 1. The minimum atomic E-state index is -0.392. The molecule has 110 valence electrons. The van der Waals surface area contributed by atoms with Crippen LogP contribution in [0.25, 0.3) is 0 Å². The predicted molar refractivity (Wildman–Crippen MR) is 80.5 cm³/mol. The van der Waals surface area contributed by atoms with Crippen molar-refractivity contribution in [1.29, 1.82) is 0 Å². The van der Waals surface area contributed by atoms with E-state index in [1.165, 1.54) is 19.3 Å². The molecule has 0 radical (unpaired) electrons. The fourth-order valence-electron chi connectivity index (χ4n) is 2.97. The van der Waals surface area contributed by atoms with Crippen molar-refractivity contribution < 1.29 is 9.90 Å². The summed E-state index contributed by atoms with van der Waals surface area (Å²) in [5.41, 5.74) is 2.19. The molecule has 0 aliphatic heterocycles. The number of hydrogen-bond donors (Lipinski definition) is 2. The normalized spacial score (nSPS) is 17.7. The first kappa shape index (κ1) is 15.0. The molecule has 1 aromatic rings. The number of carbonyl (C=O) groups excluding carboxylic acids is 1. The van der Waals surface area contributed by atoms with E-state index in [1.807, 2.05) is 31.2 Å². The van der Waals surface area contributed by atoms with Gasteiger partial charge in [0.05, 0.1) is 12.5 Å². The van der Waals surface area contributed by atoms with Crippen molar-refractivity contribution in [2.24, 2.45) is 5.92 Å². The van der Waals surface area contributed by atoms with Crippen LogP contribution in [0.2, 0.25) is 0 Å². The van der Waals surface area contributed by atoms with Gasteiger partial charge in [-0.2, -0.15) is 0 Å². The van der Waals surface area contributed by atoms with Gasteiger partial charge in [0.2, 0.25) is 5.91 Å². The van der Waals surface area contributed by atoms with E-state index in [0.29, 0.717) is 18.9 Å². The molecule has 3 nitrogen and oxygen atoms in total. The number of rotatable bonds is 5. The maximum Gasteiger partial charge on any atom is 0.224 e. The minimum Gasteiger partial charge on any atom is -0.391 e. The zero-order chi connectivity index (χ0) is 14.4. The SMILES string of the molecule is Cc1cccc(CC(=O)NC[C@@H](O)C2CCCCC2)c1. The summed E-state index contributed by atoms with van der Waals surface area (Å²) in [4.78, 5) is 11.9. The van der Waals surface area contributed by atoms with Crippen LogP contribution >= 0.6 is 0 Å². The van der Waals surface area contributed by atoms with Gasteiger partial charge >= 0.3 is 0 Å². The molecule has 0 saturated heterocycles. The summed E-state index contributed by atoms with van der Waals surface area (Å²) in [6, 6.07) is 7.98. The molecule has 2 rings (SSSR count). The van der Waals surface area contributed by atoms with Crippen molar-refractivity contribution in [3.05, 3.63) is 35.4 Å². The monoisotopic (exact) mass is 275 g/mol. The molecular weight excluding hydrogens is 250 g/mol. The lowest BCUT2D eigenvalue weighted by molar-refractivity contribution is -0.121. The van der Waals surface area contributed by atoms with Crippen LogP contribution in [0.5, 0.6) is 0 Å². The lowest BCUT2D eigenvalue weighted by Crippen LogP contribution is -2.37. The maximum absolute atomic E-state index is 11.9. The highest BCUT2D eigenvalue weighted by atomic mass is 16.3. The zero-order valence-corrected chi connectivity index (χ0v) is 12.3. The standard InChI is InChI=1S/C17H25NO2/c1-13-6-5-7-14(10-13)11-17(20)18-12-16(19)15-8-3-2-4-9-15/h5-7,10,15-16,19H,2-4,8-9,11-12H2,1H3,(H,18,20)/t16-/m1/s1. The third-order valence-corrected chi connectivity index (χ3v) is 4.15. The molecule has 1 amide bonds. The average molecular weight is 275 g/mol. The summed E-state index contributed by atoms with van der Waals surface area (Å²) in [5.74, 6) is 0.355. The molecule has 0 heterocycles. The van der Waals surface area contributed by atoms with Gasteiger partial charge in [-0.3, -0.25) is 4.79 Å². The summed E-state index contributed by atoms with van der Waals surface area (Å²) >= 11 is 0. The molecule has 0 unspecified atom stereocenters. The van der Waals surface area contributed by atoms with Crippen molar-refractivity contribution in [2.75, 3.05) is 6.54 Å². The van der Waals surface area contributed by atoms with Crippen LogP contribution in [0.4, 0.5) is 0 Å². The number of nitrogens with one attached hydrogen (secondary N) is 1. The average Bonchev–Trinajstić information content (AvgIpc) is 2.46. The largest absolute Gasteiger partial charge is 0.391 e. The number of aliphatic hydroxyl groups is 1. The van der Waals surface area contributed by atoms with Gasteiger partial charge in [-0.25, -0.2) is 0 Å². The Bertz CT molecular complexity index is 438. The molecule has 1 fully saturated rings. The van der Waals surface area contributed by atoms with Crippen molar-refractivity contribution >= 4 is 5.91 Å². The van der Waals surface area contributed by atoms with E-state index in [-0.39, 0.29) is 5.91 Å². The fourth-order valence-corrected chi connectivity index (χ4v) is 2.97. The second-order valence-electron chi connectivity index (χ2n) is 5.94. The summed E-state index contributed by atoms with van der Waals surface area (Å²) in [5, 5.41) is 13.0. The Labute approximate surface area is 121 Å². The topological polar surface area (TPSA) is 49.3 Å². The Morgan fingerprint density at radius 1 is 1.35 bits per heavy atom. The Balaban J connectivity index is 1.74. The van der Waals surface area contributed by atoms with Crippen LogP contribution in [-0.2, 0) is 11.2 Å². The van der Waals surface area contributed by atoms with E-state index in [4.69, 9.17) is 0 Å². The summed E-state index contributed by atoms with van der Waals surface area (Å²) < 4.78 is 0. The Kier molecular flexibility index (Phi) is 5.60. The van der Waals surface area contributed by atoms with Crippen LogP contribution in [-0.4, -0.2) is 23.7 Å². The highest BCUT2D eigenvalue weighted by Crippen LogP contribution is 2.26. The molecule has 1 aliphatic rings. The molecular formula is C17H25NO2. The first-order chi connectivity index (χ1) is 9.65. The molecule has 0 aromatic heterocycles. The molecule has 0 spiro atoms. The molecule has 1 aromatic carbocycles. The van der Waals surface area contributed by atoms with Gasteiger partial charge in [0, 0.05) is 6.54 Å². The second kappa shape index (κ2) is 7.44. The second-order valence-corrected chi connectivity index (χ2v) is 5.94. The van der Waals surface area contributed by atoms with E-state index in [9.17, 15) is 9.90 Å². The van der Waals surface area contributed by atoms with Crippen LogP contribution in [0.3, 0.4) is 0 Å². The van der Waals surface area contributed by atoms with Gasteiger partial charge in [-0.1, -0.05) is 49.1 Å². The Hall–Kier alpha value is -1.35. The molecule has 2 N–H and O–H groups in total. The Morgan fingerprint density at radius 3 is 2.80 bits per heavy atom. The van der Waals surface area contributed by atoms with Gasteiger partial charge in [-0.05, 0) is 31.2 Å². The van der Waals surface area contributed by atoms with Crippen LogP contribution in [0, 0.1) is 12.8 Å². The van der Waals surface area contributed by atoms with Crippen molar-refractivity contribution in [3.8, 4) is 0 Å². The number of aliphatic hydroxyl groups excluding tert-OH is 1. The number of carbonyl (C=O) groups is 1. The van der Waals surface area contributed by atoms with Crippen LogP contribution < -0.4 is 5.32 Å². The fraction of sp³-hybridized carbons (Fsp3) is 0.588. The number of aryl methyl sites for hydroxylation is 1. The smallest absolute Gasteiger partial charge is 0.224 e. The highest BCUT2D eigenvalue weighted by molar-refractivity contribution is 5.78. The third kappa shape index (κ3) is 4.64. The van der Waals surface area contributed by atoms with Gasteiger partial charge < -0.3 is 10.4 Å². The predicted octanol–water partition coefficient (Wildman–Crippen LogP) is 2.59. The molecule has 3 heteroatoms. The van der Waals surface area contributed by atoms with Crippen molar-refractivity contribution in [1.82, 2.24) is 5.32 Å². The van der Waals surface area contributed by atoms with Gasteiger partial charge in [0.15, 0.2) is 0 Å². The van der Waals surface area contributed by atoms with E-state index >= 15 is 0 Å². The first-order valence-electron chi connectivity index (χ1n) is 7.65. The summed E-state index contributed by atoms with van der Waals surface area (Å²) in [6.45, 7) is 2.41. The highest BCUT2D eigenvalue weighted by Gasteiger charge is 2.21. The van der Waals surface area contributed by atoms with Crippen LogP contribution in [0.1, 0.15) is 43.2 Å². The van der Waals surface area contributed by atoms with Crippen molar-refractivity contribution in [3.63, 3.8) is 0 Å². The number of benzene rings is 1. The van der Waals surface area contributed by atoms with E-state index in [0.717, 1.165) is 24.0 Å². The quantitative estimate of drug-likeness (QED) is 0.868. The summed E-state index contributed by atoms with van der Waals surface area (Å²) in [7, 11) is 0. The molecule has 1 aliphatic carbocycles. The lowest BCUT2D eigenvalue weighted by atomic mass is 9.85. The summed E-state index contributed by atoms with van der Waals surface area (Å²) in [6.07, 6.45) is 5.88.